The second-order valence-electron chi connectivity index (χ2n) is 7.00. The normalized spacial score (nSPS) is 14.9. The molecule has 1 saturated heterocycles. The number of para-hydroxylation sites is 1. The third kappa shape index (κ3) is 4.40. The quantitative estimate of drug-likeness (QED) is 0.250. The average Bonchev–Trinajstić information content (AvgIpc) is 3.38. The standard InChI is InChI=1S/C25H21NO4S2/c1-3-16-8-5-6-11-20(16)26-23(27)22(32-25(26)31)15-19-12-13-21(30-19)17-9-7-10-18(14-17)24(28)29-4-2/h5-15H,3-4H2,1-2H3. The van der Waals surface area contributed by atoms with Gasteiger partial charge in [-0.2, -0.15) is 0 Å². The Morgan fingerprint density at radius 3 is 2.72 bits per heavy atom. The van der Waals surface area contributed by atoms with Crippen LogP contribution >= 0.6 is 24.0 Å². The molecule has 3 aromatic rings. The molecule has 1 aliphatic rings. The van der Waals surface area contributed by atoms with Crippen LogP contribution in [0.25, 0.3) is 17.4 Å². The van der Waals surface area contributed by atoms with Gasteiger partial charge in [0.15, 0.2) is 4.32 Å². The number of rotatable bonds is 6. The van der Waals surface area contributed by atoms with E-state index >= 15 is 0 Å². The molecule has 1 amide bonds. The molecular weight excluding hydrogens is 442 g/mol. The summed E-state index contributed by atoms with van der Waals surface area (Å²) in [5.41, 5.74) is 3.08. The van der Waals surface area contributed by atoms with Crippen LogP contribution in [0.2, 0.25) is 0 Å². The Labute approximate surface area is 196 Å². The van der Waals surface area contributed by atoms with Gasteiger partial charge in [-0.1, -0.05) is 61.2 Å². The second-order valence-corrected chi connectivity index (χ2v) is 8.68. The first-order valence-electron chi connectivity index (χ1n) is 10.2. The summed E-state index contributed by atoms with van der Waals surface area (Å²) in [7, 11) is 0. The topological polar surface area (TPSA) is 59.8 Å². The largest absolute Gasteiger partial charge is 0.462 e. The smallest absolute Gasteiger partial charge is 0.338 e. The molecule has 0 saturated carbocycles. The van der Waals surface area contributed by atoms with Crippen LogP contribution in [0.1, 0.15) is 35.5 Å². The van der Waals surface area contributed by atoms with Crippen molar-refractivity contribution in [3.63, 3.8) is 0 Å². The van der Waals surface area contributed by atoms with Crippen LogP contribution in [0.3, 0.4) is 0 Å². The zero-order chi connectivity index (χ0) is 22.7. The maximum atomic E-state index is 13.1. The minimum absolute atomic E-state index is 0.164. The predicted octanol–water partition coefficient (Wildman–Crippen LogP) is 6.09. The highest BCUT2D eigenvalue weighted by molar-refractivity contribution is 8.27. The van der Waals surface area contributed by atoms with E-state index in [0.717, 1.165) is 23.2 Å². The summed E-state index contributed by atoms with van der Waals surface area (Å²) >= 11 is 6.75. The number of ether oxygens (including phenoxy) is 1. The fourth-order valence-corrected chi connectivity index (χ4v) is 4.70. The summed E-state index contributed by atoms with van der Waals surface area (Å²) in [5.74, 6) is 0.584. The Morgan fingerprint density at radius 2 is 1.94 bits per heavy atom. The molecule has 7 heteroatoms. The number of anilines is 1. The fourth-order valence-electron chi connectivity index (χ4n) is 3.43. The number of thioether (sulfide) groups is 1. The first-order valence-corrected chi connectivity index (χ1v) is 11.5. The van der Waals surface area contributed by atoms with E-state index < -0.39 is 0 Å². The van der Waals surface area contributed by atoms with Gasteiger partial charge in [0, 0.05) is 11.6 Å². The third-order valence-corrected chi connectivity index (χ3v) is 6.27. The molecule has 0 bridgehead atoms. The van der Waals surface area contributed by atoms with E-state index in [1.54, 1.807) is 42.2 Å². The Balaban J connectivity index is 1.59. The van der Waals surface area contributed by atoms with E-state index in [0.29, 0.717) is 32.9 Å². The van der Waals surface area contributed by atoms with Crippen molar-refractivity contribution in [2.75, 3.05) is 11.5 Å². The number of esters is 1. The first kappa shape index (κ1) is 22.0. The van der Waals surface area contributed by atoms with Gasteiger partial charge in [-0.15, -0.1) is 0 Å². The summed E-state index contributed by atoms with van der Waals surface area (Å²) < 4.78 is 11.5. The summed E-state index contributed by atoms with van der Waals surface area (Å²) in [4.78, 5) is 27.2. The molecular formula is C25H21NO4S2. The van der Waals surface area contributed by atoms with Crippen molar-refractivity contribution in [2.45, 2.75) is 20.3 Å². The summed E-state index contributed by atoms with van der Waals surface area (Å²) in [6, 6.07) is 18.4. The maximum Gasteiger partial charge on any atom is 0.338 e. The molecule has 0 N–H and O–H groups in total. The van der Waals surface area contributed by atoms with Crippen molar-refractivity contribution in [1.82, 2.24) is 0 Å². The summed E-state index contributed by atoms with van der Waals surface area (Å²) in [6.45, 7) is 4.13. The van der Waals surface area contributed by atoms with Gasteiger partial charge in [-0.25, -0.2) is 4.79 Å². The van der Waals surface area contributed by atoms with Gasteiger partial charge in [0.25, 0.3) is 5.91 Å². The molecule has 0 spiro atoms. The summed E-state index contributed by atoms with van der Waals surface area (Å²) in [6.07, 6.45) is 2.51. The van der Waals surface area contributed by atoms with E-state index in [1.165, 1.54) is 11.8 Å². The molecule has 0 unspecified atom stereocenters. The number of carbonyl (C=O) groups is 2. The lowest BCUT2D eigenvalue weighted by Crippen LogP contribution is -2.28. The Bertz CT molecular complexity index is 1230. The third-order valence-electron chi connectivity index (χ3n) is 4.97. The number of amides is 1. The van der Waals surface area contributed by atoms with E-state index in [9.17, 15) is 9.59 Å². The zero-order valence-corrected chi connectivity index (χ0v) is 19.3. The molecule has 1 aromatic heterocycles. The number of hydrogen-bond donors (Lipinski definition) is 0. The fraction of sp³-hybridized carbons (Fsp3) is 0.160. The molecule has 162 valence electrons. The number of benzene rings is 2. The van der Waals surface area contributed by atoms with Crippen molar-refractivity contribution >= 4 is 51.9 Å². The Hall–Kier alpha value is -3.16. The van der Waals surface area contributed by atoms with Crippen LogP contribution in [0.5, 0.6) is 0 Å². The molecule has 0 aliphatic carbocycles. The number of carbonyl (C=O) groups excluding carboxylic acids is 2. The minimum Gasteiger partial charge on any atom is -0.462 e. The lowest BCUT2D eigenvalue weighted by Gasteiger charge is -2.17. The predicted molar refractivity (Wildman–Crippen MR) is 132 cm³/mol. The average molecular weight is 464 g/mol. The van der Waals surface area contributed by atoms with Crippen LogP contribution in [-0.2, 0) is 16.0 Å². The van der Waals surface area contributed by atoms with Gasteiger partial charge in [0.2, 0.25) is 0 Å². The Kier molecular flexibility index (Phi) is 6.58. The maximum absolute atomic E-state index is 13.1. The van der Waals surface area contributed by atoms with Gasteiger partial charge < -0.3 is 9.15 Å². The van der Waals surface area contributed by atoms with E-state index in [2.05, 4.69) is 0 Å². The van der Waals surface area contributed by atoms with Gasteiger partial charge in [-0.05, 0) is 49.2 Å². The molecule has 1 fully saturated rings. The minimum atomic E-state index is -0.378. The summed E-state index contributed by atoms with van der Waals surface area (Å²) in [5, 5.41) is 0. The van der Waals surface area contributed by atoms with Crippen molar-refractivity contribution < 1.29 is 18.7 Å². The van der Waals surface area contributed by atoms with Crippen molar-refractivity contribution in [1.29, 1.82) is 0 Å². The lowest BCUT2D eigenvalue weighted by atomic mass is 10.1. The Morgan fingerprint density at radius 1 is 1.12 bits per heavy atom. The molecule has 32 heavy (non-hydrogen) atoms. The SMILES string of the molecule is CCOC(=O)c1cccc(-c2ccc(C=C3SC(=S)N(c4ccccc4CC)C3=O)o2)c1. The number of nitrogens with zero attached hydrogens (tertiary/aromatic N) is 1. The first-order chi connectivity index (χ1) is 15.5. The highest BCUT2D eigenvalue weighted by Crippen LogP contribution is 2.38. The van der Waals surface area contributed by atoms with E-state index in [-0.39, 0.29) is 11.9 Å². The lowest BCUT2D eigenvalue weighted by molar-refractivity contribution is -0.113. The molecule has 2 aromatic carbocycles. The molecule has 0 atom stereocenters. The van der Waals surface area contributed by atoms with E-state index in [1.807, 2.05) is 43.3 Å². The monoisotopic (exact) mass is 463 g/mol. The molecule has 2 heterocycles. The number of thiocarbonyl (C=S) groups is 1. The van der Waals surface area contributed by atoms with Gasteiger partial charge in [-0.3, -0.25) is 9.69 Å². The van der Waals surface area contributed by atoms with Crippen LogP contribution in [0.4, 0.5) is 5.69 Å². The van der Waals surface area contributed by atoms with Crippen molar-refractivity contribution in [3.05, 3.63) is 82.5 Å². The van der Waals surface area contributed by atoms with E-state index in [4.69, 9.17) is 21.4 Å². The second kappa shape index (κ2) is 9.54. The van der Waals surface area contributed by atoms with Crippen LogP contribution in [0, 0.1) is 0 Å². The van der Waals surface area contributed by atoms with Crippen LogP contribution in [0.15, 0.2) is 70.0 Å². The van der Waals surface area contributed by atoms with Crippen molar-refractivity contribution in [2.24, 2.45) is 0 Å². The molecule has 4 rings (SSSR count). The number of aryl methyl sites for hydroxylation is 1. The van der Waals surface area contributed by atoms with Gasteiger partial charge in [0.05, 0.1) is 22.8 Å². The molecule has 5 nitrogen and oxygen atoms in total. The van der Waals surface area contributed by atoms with Crippen LogP contribution < -0.4 is 4.90 Å². The molecule has 1 aliphatic heterocycles. The highest BCUT2D eigenvalue weighted by Gasteiger charge is 2.34. The molecule has 0 radical (unpaired) electrons. The number of furan rings is 1. The number of hydrogen-bond acceptors (Lipinski definition) is 6. The highest BCUT2D eigenvalue weighted by atomic mass is 32.2. The van der Waals surface area contributed by atoms with Gasteiger partial charge in [0.1, 0.15) is 11.5 Å². The van der Waals surface area contributed by atoms with Crippen molar-refractivity contribution in [3.8, 4) is 11.3 Å². The van der Waals surface area contributed by atoms with Gasteiger partial charge >= 0.3 is 5.97 Å². The zero-order valence-electron chi connectivity index (χ0n) is 17.7. The van der Waals surface area contributed by atoms with Crippen LogP contribution in [-0.4, -0.2) is 22.8 Å².